The molecule has 0 aliphatic rings. The third-order valence-corrected chi connectivity index (χ3v) is 13.8. The number of hydrogen-bond acceptors (Lipinski definition) is 6. The first kappa shape index (κ1) is 72.3. The van der Waals surface area contributed by atoms with E-state index in [1.807, 2.05) is 0 Å². The lowest BCUT2D eigenvalue weighted by Gasteiger charge is -2.18. The second kappa shape index (κ2) is 63.9. The Hall–Kier alpha value is -3.67. The molecular formula is C70H120O6. The summed E-state index contributed by atoms with van der Waals surface area (Å²) in [4.78, 5) is 38.3. The van der Waals surface area contributed by atoms with Gasteiger partial charge in [0.1, 0.15) is 13.2 Å². The Morgan fingerprint density at radius 3 is 0.816 bits per heavy atom. The molecule has 0 fully saturated rings. The van der Waals surface area contributed by atoms with Gasteiger partial charge in [-0.2, -0.15) is 0 Å². The molecule has 76 heavy (non-hydrogen) atoms. The van der Waals surface area contributed by atoms with Crippen molar-refractivity contribution < 1.29 is 28.6 Å². The van der Waals surface area contributed by atoms with Gasteiger partial charge in [-0.1, -0.05) is 266 Å². The van der Waals surface area contributed by atoms with Crippen LogP contribution in [0.1, 0.15) is 310 Å². The molecular weight excluding hydrogens is 937 g/mol. The Morgan fingerprint density at radius 2 is 0.513 bits per heavy atom. The third kappa shape index (κ3) is 61.2. The Bertz CT molecular complexity index is 1490. The molecule has 0 rings (SSSR count). The SMILES string of the molecule is CC/C=C\C/C=C\C/C=C\C/C=C\CCCCCCCCCCC(=O)OC(COC(=O)CCCCCCC/C=C\CCCCCCC)COC(=O)CCCCCCCCCC/C=C\C/C=C\C/C=C\CCCCCCC. The summed E-state index contributed by atoms with van der Waals surface area (Å²) in [6.07, 6.45) is 85.5. The molecule has 6 nitrogen and oxygen atoms in total. The first-order valence-corrected chi connectivity index (χ1v) is 32.2. The lowest BCUT2D eigenvalue weighted by atomic mass is 10.1. The smallest absolute Gasteiger partial charge is 0.306 e. The molecule has 0 spiro atoms. The maximum absolute atomic E-state index is 12.9. The summed E-state index contributed by atoms with van der Waals surface area (Å²) in [5.74, 6) is -0.901. The molecule has 436 valence electrons. The van der Waals surface area contributed by atoms with Crippen molar-refractivity contribution in [2.24, 2.45) is 0 Å². The molecule has 0 aliphatic heterocycles. The minimum Gasteiger partial charge on any atom is -0.462 e. The highest BCUT2D eigenvalue weighted by molar-refractivity contribution is 5.71. The lowest BCUT2D eigenvalue weighted by molar-refractivity contribution is -0.167. The predicted octanol–water partition coefficient (Wildman–Crippen LogP) is 22.0. The number of carbonyl (C=O) groups is 3. The van der Waals surface area contributed by atoms with Crippen LogP contribution in [0.3, 0.4) is 0 Å². The Morgan fingerprint density at radius 1 is 0.276 bits per heavy atom. The first-order chi connectivity index (χ1) is 37.5. The van der Waals surface area contributed by atoms with E-state index in [0.29, 0.717) is 19.3 Å². The molecule has 0 aromatic carbocycles. The van der Waals surface area contributed by atoms with E-state index in [1.54, 1.807) is 0 Å². The third-order valence-electron chi connectivity index (χ3n) is 13.8. The van der Waals surface area contributed by atoms with Gasteiger partial charge in [-0.3, -0.25) is 14.4 Å². The maximum Gasteiger partial charge on any atom is 0.306 e. The van der Waals surface area contributed by atoms with Crippen LogP contribution in [0, 0.1) is 0 Å². The Balaban J connectivity index is 4.39. The summed E-state index contributed by atoms with van der Waals surface area (Å²) in [5.41, 5.74) is 0. The number of rotatable bonds is 58. The molecule has 0 heterocycles. The second-order valence-corrected chi connectivity index (χ2v) is 21.3. The van der Waals surface area contributed by atoms with Gasteiger partial charge in [0.05, 0.1) is 0 Å². The second-order valence-electron chi connectivity index (χ2n) is 21.3. The molecule has 6 heteroatoms. The van der Waals surface area contributed by atoms with Crippen molar-refractivity contribution in [2.75, 3.05) is 13.2 Å². The van der Waals surface area contributed by atoms with Gasteiger partial charge >= 0.3 is 17.9 Å². The predicted molar refractivity (Wildman–Crippen MR) is 330 cm³/mol. The zero-order valence-corrected chi connectivity index (χ0v) is 50.0. The van der Waals surface area contributed by atoms with E-state index in [9.17, 15) is 14.4 Å². The Kier molecular flexibility index (Phi) is 60.8. The van der Waals surface area contributed by atoms with E-state index in [2.05, 4.69) is 118 Å². The lowest BCUT2D eigenvalue weighted by Crippen LogP contribution is -2.30. The molecule has 0 saturated carbocycles. The molecule has 0 amide bonds. The van der Waals surface area contributed by atoms with Crippen LogP contribution in [0.5, 0.6) is 0 Å². The van der Waals surface area contributed by atoms with Crippen molar-refractivity contribution in [1.82, 2.24) is 0 Å². The molecule has 0 bridgehead atoms. The fourth-order valence-corrected chi connectivity index (χ4v) is 8.97. The average Bonchev–Trinajstić information content (AvgIpc) is 3.42. The summed E-state index contributed by atoms with van der Waals surface area (Å²) in [7, 11) is 0. The number of hydrogen-bond donors (Lipinski definition) is 0. The molecule has 0 aromatic heterocycles. The van der Waals surface area contributed by atoms with E-state index in [0.717, 1.165) is 116 Å². The van der Waals surface area contributed by atoms with Crippen molar-refractivity contribution in [2.45, 2.75) is 316 Å². The maximum atomic E-state index is 12.9. The fraction of sp³-hybridized carbons (Fsp3) is 0.729. The van der Waals surface area contributed by atoms with Crippen LogP contribution >= 0.6 is 0 Å². The van der Waals surface area contributed by atoms with E-state index in [4.69, 9.17) is 14.2 Å². The van der Waals surface area contributed by atoms with Crippen molar-refractivity contribution in [3.05, 3.63) is 97.2 Å². The van der Waals surface area contributed by atoms with Gasteiger partial charge in [-0.25, -0.2) is 0 Å². The number of unbranched alkanes of at least 4 members (excludes halogenated alkanes) is 31. The Labute approximate surface area is 470 Å². The number of allylic oxidation sites excluding steroid dienone is 16. The minimum absolute atomic E-state index is 0.0870. The minimum atomic E-state index is -0.791. The van der Waals surface area contributed by atoms with Crippen LogP contribution in [0.15, 0.2) is 97.2 Å². The van der Waals surface area contributed by atoms with Crippen molar-refractivity contribution >= 4 is 17.9 Å². The van der Waals surface area contributed by atoms with Crippen molar-refractivity contribution in [1.29, 1.82) is 0 Å². The number of esters is 3. The average molecular weight is 1060 g/mol. The van der Waals surface area contributed by atoms with Gasteiger partial charge in [0.25, 0.3) is 0 Å². The van der Waals surface area contributed by atoms with E-state index >= 15 is 0 Å². The molecule has 1 atom stereocenters. The van der Waals surface area contributed by atoms with Crippen LogP contribution in [-0.4, -0.2) is 37.2 Å². The summed E-state index contributed by atoms with van der Waals surface area (Å²) < 4.78 is 16.9. The normalized spacial score (nSPS) is 12.7. The topological polar surface area (TPSA) is 78.9 Å². The fourth-order valence-electron chi connectivity index (χ4n) is 8.97. The van der Waals surface area contributed by atoms with Crippen LogP contribution in [0.25, 0.3) is 0 Å². The van der Waals surface area contributed by atoms with Crippen LogP contribution in [0.4, 0.5) is 0 Å². The van der Waals surface area contributed by atoms with E-state index in [-0.39, 0.29) is 31.1 Å². The molecule has 0 aromatic rings. The highest BCUT2D eigenvalue weighted by Crippen LogP contribution is 2.15. The van der Waals surface area contributed by atoms with Gasteiger partial charge in [0, 0.05) is 19.3 Å². The van der Waals surface area contributed by atoms with Gasteiger partial charge in [-0.15, -0.1) is 0 Å². The van der Waals surface area contributed by atoms with Crippen LogP contribution in [0.2, 0.25) is 0 Å². The van der Waals surface area contributed by atoms with Gasteiger partial charge < -0.3 is 14.2 Å². The molecule has 1 unspecified atom stereocenters. The highest BCUT2D eigenvalue weighted by Gasteiger charge is 2.19. The number of ether oxygens (including phenoxy) is 3. The monoisotopic (exact) mass is 1060 g/mol. The standard InChI is InChI=1S/C70H120O6/c1-4-7-10-13-16-19-22-25-28-30-32-34-35-37-38-40-42-45-48-51-54-57-60-63-69(72)75-66-67(65-74-68(71)62-59-56-53-50-47-44-27-24-21-18-15-12-9-6-3)76-70(73)64-61-58-55-52-49-46-43-41-39-36-33-31-29-26-23-20-17-14-11-8-5-2/h8,11,17,20,22,24-27,29-30,32-33,35-37,67H,4-7,9-10,12-16,18-19,21,23,28,31,34,38-66H2,1-3H3/b11-8-,20-17-,25-22-,27-24-,29-26-,32-30-,36-33-,37-35-. The summed E-state index contributed by atoms with van der Waals surface area (Å²) in [5, 5.41) is 0. The zero-order valence-electron chi connectivity index (χ0n) is 50.0. The molecule has 0 N–H and O–H groups in total. The molecule has 0 aliphatic carbocycles. The summed E-state index contributed by atoms with van der Waals surface area (Å²) in [6, 6.07) is 0. The largest absolute Gasteiger partial charge is 0.462 e. The number of carbonyl (C=O) groups excluding carboxylic acids is 3. The quantitative estimate of drug-likeness (QED) is 0.0261. The summed E-state index contributed by atoms with van der Waals surface area (Å²) in [6.45, 7) is 6.51. The van der Waals surface area contributed by atoms with Gasteiger partial charge in [-0.05, 0) is 122 Å². The first-order valence-electron chi connectivity index (χ1n) is 32.2. The van der Waals surface area contributed by atoms with Crippen LogP contribution in [-0.2, 0) is 28.6 Å². The molecule has 0 radical (unpaired) electrons. The highest BCUT2D eigenvalue weighted by atomic mass is 16.6. The van der Waals surface area contributed by atoms with Crippen molar-refractivity contribution in [3.8, 4) is 0 Å². The van der Waals surface area contributed by atoms with E-state index in [1.165, 1.54) is 154 Å². The van der Waals surface area contributed by atoms with Gasteiger partial charge in [0.15, 0.2) is 6.10 Å². The summed E-state index contributed by atoms with van der Waals surface area (Å²) >= 11 is 0. The van der Waals surface area contributed by atoms with Crippen LogP contribution < -0.4 is 0 Å². The molecule has 0 saturated heterocycles. The zero-order chi connectivity index (χ0) is 55.0. The van der Waals surface area contributed by atoms with Gasteiger partial charge in [0.2, 0.25) is 0 Å². The van der Waals surface area contributed by atoms with Crippen molar-refractivity contribution in [3.63, 3.8) is 0 Å². The van der Waals surface area contributed by atoms with E-state index < -0.39 is 6.10 Å².